The van der Waals surface area contributed by atoms with Crippen LogP contribution in [0.1, 0.15) is 18.1 Å². The van der Waals surface area contributed by atoms with Gasteiger partial charge in [-0.3, -0.25) is 4.31 Å². The molecule has 0 saturated carbocycles. The van der Waals surface area contributed by atoms with Crippen LogP contribution in [0.15, 0.2) is 18.2 Å². The van der Waals surface area contributed by atoms with Gasteiger partial charge >= 0.3 is 0 Å². The Morgan fingerprint density at radius 2 is 1.94 bits per heavy atom. The lowest BCUT2D eigenvalue weighted by Gasteiger charge is -2.24. The summed E-state index contributed by atoms with van der Waals surface area (Å²) in [5.41, 5.74) is 8.17. The molecule has 0 fully saturated rings. The predicted molar refractivity (Wildman–Crippen MR) is 71.8 cm³/mol. The van der Waals surface area contributed by atoms with E-state index in [2.05, 4.69) is 0 Å². The number of sulfonamides is 1. The van der Waals surface area contributed by atoms with Crippen LogP contribution in [0.25, 0.3) is 0 Å². The van der Waals surface area contributed by atoms with Crippen molar-refractivity contribution in [2.24, 2.45) is 5.73 Å². The minimum absolute atomic E-state index is 0.0197. The molecule has 0 aliphatic carbocycles. The summed E-state index contributed by atoms with van der Waals surface area (Å²) < 4.78 is 25.5. The molecule has 0 heterocycles. The van der Waals surface area contributed by atoms with Gasteiger partial charge in [0, 0.05) is 13.1 Å². The highest BCUT2D eigenvalue weighted by molar-refractivity contribution is 7.92. The van der Waals surface area contributed by atoms with Crippen LogP contribution in [0, 0.1) is 13.8 Å². The fourth-order valence-corrected chi connectivity index (χ4v) is 3.28. The van der Waals surface area contributed by atoms with E-state index in [1.54, 1.807) is 0 Å². The van der Waals surface area contributed by atoms with Crippen LogP contribution in [-0.2, 0) is 10.0 Å². The maximum Gasteiger partial charge on any atom is 0.236 e. The summed E-state index contributed by atoms with van der Waals surface area (Å²) in [6.07, 6.45) is 0. The van der Waals surface area contributed by atoms with Crippen LogP contribution in [0.3, 0.4) is 0 Å². The highest BCUT2D eigenvalue weighted by Crippen LogP contribution is 2.23. The second-order valence-corrected chi connectivity index (χ2v) is 6.07. The number of nitrogens with zero attached hydrogens (tertiary/aromatic N) is 1. The molecule has 0 saturated heterocycles. The van der Waals surface area contributed by atoms with Crippen molar-refractivity contribution >= 4 is 15.7 Å². The van der Waals surface area contributed by atoms with Crippen molar-refractivity contribution in [3.63, 3.8) is 0 Å². The molecular formula is C12H20N2O2S. The minimum Gasteiger partial charge on any atom is -0.329 e. The molecule has 0 spiro atoms. The maximum absolute atomic E-state index is 12.0. The highest BCUT2D eigenvalue weighted by Gasteiger charge is 2.21. The van der Waals surface area contributed by atoms with Crippen molar-refractivity contribution in [1.29, 1.82) is 0 Å². The maximum atomic E-state index is 12.0. The fourth-order valence-electron chi connectivity index (χ4n) is 1.86. The van der Waals surface area contributed by atoms with Crippen LogP contribution < -0.4 is 10.0 Å². The number of rotatable bonds is 5. The lowest BCUT2D eigenvalue weighted by molar-refractivity contribution is 0.591. The first-order valence-corrected chi connectivity index (χ1v) is 7.31. The monoisotopic (exact) mass is 256 g/mol. The van der Waals surface area contributed by atoms with E-state index < -0.39 is 10.0 Å². The summed E-state index contributed by atoms with van der Waals surface area (Å²) in [5.74, 6) is -0.0197. The minimum atomic E-state index is -3.30. The van der Waals surface area contributed by atoms with Gasteiger partial charge in [0.15, 0.2) is 0 Å². The van der Waals surface area contributed by atoms with Crippen LogP contribution in [0.2, 0.25) is 0 Å². The van der Waals surface area contributed by atoms with Gasteiger partial charge in [-0.25, -0.2) is 8.42 Å². The van der Waals surface area contributed by atoms with E-state index in [0.29, 0.717) is 6.54 Å². The van der Waals surface area contributed by atoms with Gasteiger partial charge in [0.1, 0.15) is 0 Å². The summed E-state index contributed by atoms with van der Waals surface area (Å²) in [4.78, 5) is 0. The Balaban J connectivity index is 3.19. The first-order valence-electron chi connectivity index (χ1n) is 5.70. The van der Waals surface area contributed by atoms with Gasteiger partial charge in [0.2, 0.25) is 10.0 Å². The molecule has 0 aromatic heterocycles. The molecule has 5 heteroatoms. The highest BCUT2D eigenvalue weighted by atomic mass is 32.2. The number of aryl methyl sites for hydroxylation is 2. The van der Waals surface area contributed by atoms with Gasteiger partial charge in [-0.15, -0.1) is 0 Å². The zero-order valence-electron chi connectivity index (χ0n) is 10.6. The number of hydrogen-bond acceptors (Lipinski definition) is 3. The molecule has 4 nitrogen and oxygen atoms in total. The van der Waals surface area contributed by atoms with Crippen LogP contribution >= 0.6 is 0 Å². The van der Waals surface area contributed by atoms with E-state index in [9.17, 15) is 8.42 Å². The Morgan fingerprint density at radius 3 is 2.41 bits per heavy atom. The Labute approximate surface area is 103 Å². The van der Waals surface area contributed by atoms with Crippen molar-refractivity contribution in [1.82, 2.24) is 0 Å². The zero-order valence-corrected chi connectivity index (χ0v) is 11.4. The fraction of sp³-hybridized carbons (Fsp3) is 0.500. The quantitative estimate of drug-likeness (QED) is 0.866. The molecule has 0 unspecified atom stereocenters. The van der Waals surface area contributed by atoms with E-state index in [1.807, 2.05) is 39.0 Å². The standard InChI is InChI=1S/C12H20N2O2S/c1-4-14(17(15,16)8-7-13)12-6-5-10(2)9-11(12)3/h5-6,9H,4,7-8,13H2,1-3H3. The normalized spacial score (nSPS) is 11.5. The average Bonchev–Trinajstić information content (AvgIpc) is 2.21. The largest absolute Gasteiger partial charge is 0.329 e. The van der Waals surface area contributed by atoms with Gasteiger partial charge in [-0.2, -0.15) is 0 Å². The Bertz CT molecular complexity index is 483. The van der Waals surface area contributed by atoms with Crippen molar-refractivity contribution in [3.8, 4) is 0 Å². The SMILES string of the molecule is CCN(c1ccc(C)cc1C)S(=O)(=O)CCN. The van der Waals surface area contributed by atoms with E-state index in [1.165, 1.54) is 4.31 Å². The molecule has 17 heavy (non-hydrogen) atoms. The van der Waals surface area contributed by atoms with Gasteiger partial charge in [-0.05, 0) is 32.4 Å². The van der Waals surface area contributed by atoms with Gasteiger partial charge in [0.25, 0.3) is 0 Å². The molecule has 1 aromatic carbocycles. The molecule has 0 aliphatic rings. The lowest BCUT2D eigenvalue weighted by atomic mass is 10.1. The predicted octanol–water partition coefficient (Wildman–Crippen LogP) is 1.42. The summed E-state index contributed by atoms with van der Waals surface area (Å²) in [7, 11) is -3.30. The van der Waals surface area contributed by atoms with E-state index >= 15 is 0 Å². The van der Waals surface area contributed by atoms with Gasteiger partial charge < -0.3 is 5.73 Å². The first-order chi connectivity index (χ1) is 7.92. The second kappa shape index (κ2) is 5.51. The lowest BCUT2D eigenvalue weighted by Crippen LogP contribution is -2.35. The molecular weight excluding hydrogens is 236 g/mol. The van der Waals surface area contributed by atoms with E-state index in [4.69, 9.17) is 5.73 Å². The van der Waals surface area contributed by atoms with E-state index in [0.717, 1.165) is 16.8 Å². The molecule has 1 rings (SSSR count). The molecule has 0 amide bonds. The van der Waals surface area contributed by atoms with Crippen molar-refractivity contribution in [2.75, 3.05) is 23.1 Å². The molecule has 2 N–H and O–H groups in total. The number of anilines is 1. The first kappa shape index (κ1) is 14.0. The third-order valence-electron chi connectivity index (χ3n) is 2.62. The Hall–Kier alpha value is -1.07. The summed E-state index contributed by atoms with van der Waals surface area (Å²) >= 11 is 0. The van der Waals surface area contributed by atoms with Crippen molar-refractivity contribution in [3.05, 3.63) is 29.3 Å². The molecule has 1 aromatic rings. The van der Waals surface area contributed by atoms with E-state index in [-0.39, 0.29) is 12.3 Å². The summed E-state index contributed by atoms with van der Waals surface area (Å²) in [6.45, 7) is 6.30. The van der Waals surface area contributed by atoms with Crippen molar-refractivity contribution in [2.45, 2.75) is 20.8 Å². The van der Waals surface area contributed by atoms with Crippen LogP contribution in [0.5, 0.6) is 0 Å². The number of benzene rings is 1. The van der Waals surface area contributed by atoms with Gasteiger partial charge in [0.05, 0.1) is 11.4 Å². The average molecular weight is 256 g/mol. The molecule has 0 atom stereocenters. The number of hydrogen-bond donors (Lipinski definition) is 1. The second-order valence-electron chi connectivity index (χ2n) is 4.06. The molecule has 0 aliphatic heterocycles. The summed E-state index contributed by atoms with van der Waals surface area (Å²) in [6, 6.07) is 5.75. The molecule has 0 bridgehead atoms. The molecule has 0 radical (unpaired) electrons. The van der Waals surface area contributed by atoms with Crippen LogP contribution in [0.4, 0.5) is 5.69 Å². The number of nitrogens with two attached hydrogens (primary N) is 1. The smallest absolute Gasteiger partial charge is 0.236 e. The van der Waals surface area contributed by atoms with Gasteiger partial charge in [-0.1, -0.05) is 17.7 Å². The Morgan fingerprint density at radius 1 is 1.29 bits per heavy atom. The van der Waals surface area contributed by atoms with Crippen LogP contribution in [-0.4, -0.2) is 27.3 Å². The molecule has 96 valence electrons. The zero-order chi connectivity index (χ0) is 13.1. The summed E-state index contributed by atoms with van der Waals surface area (Å²) in [5, 5.41) is 0. The third kappa shape index (κ3) is 3.20. The topological polar surface area (TPSA) is 63.4 Å². The van der Waals surface area contributed by atoms with Crippen molar-refractivity contribution < 1.29 is 8.42 Å². The third-order valence-corrected chi connectivity index (χ3v) is 4.50. The Kier molecular flexibility index (Phi) is 4.54.